The number of aromatic nitrogens is 1. The lowest BCUT2D eigenvalue weighted by Crippen LogP contribution is -2.13. The SMILES string of the molecule is O=[N+]([O-])c1cc(S(=O)(=O)Nc2ccc(Cl)c(-c3nccc4ccccc34)c2)ccc1Cl. The molecule has 0 unspecified atom stereocenters. The average Bonchev–Trinajstić information content (AvgIpc) is 2.74. The maximum atomic E-state index is 12.8. The number of hydrogen-bond donors (Lipinski definition) is 1. The van der Waals surface area contributed by atoms with E-state index in [1.807, 2.05) is 30.3 Å². The molecule has 0 spiro atoms. The van der Waals surface area contributed by atoms with E-state index >= 15 is 0 Å². The lowest BCUT2D eigenvalue weighted by atomic mass is 10.0. The van der Waals surface area contributed by atoms with Gasteiger partial charge in [0.25, 0.3) is 15.7 Å². The summed E-state index contributed by atoms with van der Waals surface area (Å²) in [6, 6.07) is 17.4. The summed E-state index contributed by atoms with van der Waals surface area (Å²) in [5.41, 5.74) is 0.875. The highest BCUT2D eigenvalue weighted by Crippen LogP contribution is 2.34. The molecule has 0 radical (unpaired) electrons. The van der Waals surface area contributed by atoms with Gasteiger partial charge in [-0.25, -0.2) is 8.42 Å². The van der Waals surface area contributed by atoms with E-state index in [1.165, 1.54) is 18.2 Å². The Morgan fingerprint density at radius 2 is 1.68 bits per heavy atom. The highest BCUT2D eigenvalue weighted by atomic mass is 35.5. The van der Waals surface area contributed by atoms with Crippen LogP contribution in [0.1, 0.15) is 0 Å². The van der Waals surface area contributed by atoms with Crippen LogP contribution < -0.4 is 4.72 Å². The number of anilines is 1. The number of hydrogen-bond acceptors (Lipinski definition) is 5. The van der Waals surface area contributed by atoms with Gasteiger partial charge in [-0.1, -0.05) is 47.5 Å². The molecule has 10 heteroatoms. The molecule has 0 aliphatic heterocycles. The maximum absolute atomic E-state index is 12.8. The normalized spacial score (nSPS) is 11.4. The summed E-state index contributed by atoms with van der Waals surface area (Å²) in [6.45, 7) is 0. The first-order valence-electron chi connectivity index (χ1n) is 8.87. The van der Waals surface area contributed by atoms with Crippen LogP contribution >= 0.6 is 23.2 Å². The Hall–Kier alpha value is -3.20. The molecule has 0 aliphatic rings. The standard InChI is InChI=1S/C21H13Cl2N3O4S/c22-18-7-5-14(11-17(18)21-16-4-2-1-3-13(16)9-10-24-21)25-31(29,30)15-6-8-19(23)20(12-15)26(27)28/h1-12,25H. The fraction of sp³-hybridized carbons (Fsp3) is 0. The molecule has 4 rings (SSSR count). The van der Waals surface area contributed by atoms with E-state index in [-0.39, 0.29) is 15.6 Å². The van der Waals surface area contributed by atoms with Crippen LogP contribution in [0, 0.1) is 10.1 Å². The van der Waals surface area contributed by atoms with E-state index in [2.05, 4.69) is 9.71 Å². The fourth-order valence-corrected chi connectivity index (χ4v) is 4.58. The Bertz CT molecular complexity index is 1440. The van der Waals surface area contributed by atoms with Gasteiger partial charge in [-0.15, -0.1) is 0 Å². The van der Waals surface area contributed by atoms with Crippen molar-refractivity contribution in [1.82, 2.24) is 4.98 Å². The van der Waals surface area contributed by atoms with Crippen LogP contribution in [0.25, 0.3) is 22.0 Å². The van der Waals surface area contributed by atoms with Gasteiger partial charge in [0.1, 0.15) is 5.02 Å². The van der Waals surface area contributed by atoms with Gasteiger partial charge in [-0.05, 0) is 41.8 Å². The summed E-state index contributed by atoms with van der Waals surface area (Å²) < 4.78 is 28.0. The third kappa shape index (κ3) is 4.18. The van der Waals surface area contributed by atoms with Gasteiger partial charge < -0.3 is 0 Å². The Labute approximate surface area is 187 Å². The number of nitrogens with one attached hydrogen (secondary N) is 1. The van der Waals surface area contributed by atoms with Crippen LogP contribution in [0.15, 0.2) is 77.8 Å². The van der Waals surface area contributed by atoms with Gasteiger partial charge in [-0.2, -0.15) is 0 Å². The molecule has 1 aromatic heterocycles. The van der Waals surface area contributed by atoms with Crippen molar-refractivity contribution < 1.29 is 13.3 Å². The second-order valence-electron chi connectivity index (χ2n) is 6.55. The van der Waals surface area contributed by atoms with E-state index in [9.17, 15) is 18.5 Å². The summed E-state index contributed by atoms with van der Waals surface area (Å²) in [5.74, 6) is 0. The Kier molecular flexibility index (Phi) is 5.53. The van der Waals surface area contributed by atoms with E-state index < -0.39 is 20.6 Å². The number of nitro groups is 1. The predicted molar refractivity (Wildman–Crippen MR) is 121 cm³/mol. The van der Waals surface area contributed by atoms with Crippen molar-refractivity contribution >= 4 is 55.4 Å². The summed E-state index contributed by atoms with van der Waals surface area (Å²) >= 11 is 12.2. The summed E-state index contributed by atoms with van der Waals surface area (Å²) in [4.78, 5) is 14.5. The smallest absolute Gasteiger partial charge is 0.280 e. The van der Waals surface area contributed by atoms with Crippen molar-refractivity contribution in [1.29, 1.82) is 0 Å². The molecule has 0 aliphatic carbocycles. The molecule has 7 nitrogen and oxygen atoms in total. The van der Waals surface area contributed by atoms with Gasteiger partial charge in [0, 0.05) is 28.9 Å². The molecule has 1 N–H and O–H groups in total. The van der Waals surface area contributed by atoms with Crippen molar-refractivity contribution in [2.24, 2.45) is 0 Å². The summed E-state index contributed by atoms with van der Waals surface area (Å²) in [5, 5.41) is 13.2. The van der Waals surface area contributed by atoms with Crippen molar-refractivity contribution in [2.75, 3.05) is 4.72 Å². The van der Waals surface area contributed by atoms with Gasteiger partial charge in [0.05, 0.1) is 20.5 Å². The molecule has 0 bridgehead atoms. The van der Waals surface area contributed by atoms with E-state index in [0.717, 1.165) is 16.8 Å². The van der Waals surface area contributed by atoms with Crippen molar-refractivity contribution in [2.45, 2.75) is 4.90 Å². The fourth-order valence-electron chi connectivity index (χ4n) is 3.12. The zero-order valence-corrected chi connectivity index (χ0v) is 17.9. The van der Waals surface area contributed by atoms with Crippen LogP contribution in [-0.2, 0) is 10.0 Å². The molecule has 4 aromatic rings. The number of pyridine rings is 1. The lowest BCUT2D eigenvalue weighted by molar-refractivity contribution is -0.384. The molecule has 1 heterocycles. The zero-order chi connectivity index (χ0) is 22.2. The number of nitrogens with zero attached hydrogens (tertiary/aromatic N) is 2. The lowest BCUT2D eigenvalue weighted by Gasteiger charge is -2.12. The van der Waals surface area contributed by atoms with E-state index in [4.69, 9.17) is 23.2 Å². The van der Waals surface area contributed by atoms with Crippen LogP contribution in [0.4, 0.5) is 11.4 Å². The van der Waals surface area contributed by atoms with Crippen LogP contribution in [-0.4, -0.2) is 18.3 Å². The minimum Gasteiger partial charge on any atom is -0.280 e. The first-order valence-corrected chi connectivity index (χ1v) is 11.1. The first kappa shape index (κ1) is 21.0. The summed E-state index contributed by atoms with van der Waals surface area (Å²) in [7, 11) is -4.12. The van der Waals surface area contributed by atoms with Crippen molar-refractivity contribution in [3.8, 4) is 11.3 Å². The van der Waals surface area contributed by atoms with Gasteiger partial charge in [-0.3, -0.25) is 19.8 Å². The molecule has 0 fully saturated rings. The average molecular weight is 474 g/mol. The second-order valence-corrected chi connectivity index (χ2v) is 9.05. The van der Waals surface area contributed by atoms with Crippen LogP contribution in [0.5, 0.6) is 0 Å². The Balaban J connectivity index is 1.76. The molecule has 0 saturated carbocycles. The Morgan fingerprint density at radius 1 is 0.935 bits per heavy atom. The third-order valence-corrected chi connectivity index (χ3v) is 6.60. The van der Waals surface area contributed by atoms with Crippen molar-refractivity contribution in [3.05, 3.63) is 93.1 Å². The molecular formula is C21H13Cl2N3O4S. The summed E-state index contributed by atoms with van der Waals surface area (Å²) in [6.07, 6.45) is 1.65. The number of benzene rings is 3. The molecule has 0 saturated heterocycles. The van der Waals surface area contributed by atoms with E-state index in [0.29, 0.717) is 16.3 Å². The maximum Gasteiger partial charge on any atom is 0.289 e. The van der Waals surface area contributed by atoms with E-state index in [1.54, 1.807) is 18.3 Å². The number of nitro benzene ring substituents is 1. The molecule has 156 valence electrons. The minimum atomic E-state index is -4.12. The minimum absolute atomic E-state index is 0.153. The topological polar surface area (TPSA) is 102 Å². The predicted octanol–water partition coefficient (Wildman–Crippen LogP) is 5.92. The van der Waals surface area contributed by atoms with Gasteiger partial charge in [0.15, 0.2) is 0 Å². The quantitative estimate of drug-likeness (QED) is 0.286. The number of sulfonamides is 1. The number of rotatable bonds is 5. The molecule has 0 amide bonds. The molecule has 0 atom stereocenters. The van der Waals surface area contributed by atoms with Gasteiger partial charge >= 0.3 is 0 Å². The first-order chi connectivity index (χ1) is 14.8. The molecule has 31 heavy (non-hydrogen) atoms. The molecular weight excluding hydrogens is 461 g/mol. The van der Waals surface area contributed by atoms with Crippen molar-refractivity contribution in [3.63, 3.8) is 0 Å². The second kappa shape index (κ2) is 8.14. The number of halogens is 2. The van der Waals surface area contributed by atoms with Crippen LogP contribution in [0.2, 0.25) is 10.0 Å². The highest BCUT2D eigenvalue weighted by Gasteiger charge is 2.21. The van der Waals surface area contributed by atoms with Gasteiger partial charge in [0.2, 0.25) is 0 Å². The molecule has 3 aromatic carbocycles. The zero-order valence-electron chi connectivity index (χ0n) is 15.6. The largest absolute Gasteiger partial charge is 0.289 e. The monoisotopic (exact) mass is 473 g/mol. The number of fused-ring (bicyclic) bond motifs is 1. The third-order valence-electron chi connectivity index (χ3n) is 4.57. The Morgan fingerprint density at radius 3 is 2.45 bits per heavy atom. The highest BCUT2D eigenvalue weighted by molar-refractivity contribution is 7.92. The van der Waals surface area contributed by atoms with Crippen LogP contribution in [0.3, 0.4) is 0 Å².